The third-order valence-electron chi connectivity index (χ3n) is 2.99. The highest BCUT2D eigenvalue weighted by atomic mass is 19.3. The average Bonchev–Trinajstić information content (AvgIpc) is 2.79. The molecule has 2 N–H and O–H groups in total. The van der Waals surface area contributed by atoms with E-state index in [0.29, 0.717) is 11.9 Å². The first kappa shape index (κ1) is 12.2. The van der Waals surface area contributed by atoms with Gasteiger partial charge < -0.3 is 10.2 Å². The number of hydrogen-bond donors (Lipinski definition) is 2. The van der Waals surface area contributed by atoms with Crippen LogP contribution in [-0.4, -0.2) is 41.9 Å². The van der Waals surface area contributed by atoms with Crippen LogP contribution in [0.3, 0.4) is 0 Å². The number of anilines is 1. The summed E-state index contributed by atoms with van der Waals surface area (Å²) >= 11 is 0. The summed E-state index contributed by atoms with van der Waals surface area (Å²) in [5.41, 5.74) is 0. The van der Waals surface area contributed by atoms with Crippen LogP contribution in [0.1, 0.15) is 25.1 Å². The van der Waals surface area contributed by atoms with Gasteiger partial charge in [0.2, 0.25) is 5.95 Å². The Morgan fingerprint density at radius 3 is 3.06 bits per heavy atom. The minimum atomic E-state index is -2.59. The highest BCUT2D eigenvalue weighted by Crippen LogP contribution is 2.22. The fraction of sp³-hybridized carbons (Fsp3) is 0.800. The van der Waals surface area contributed by atoms with E-state index in [2.05, 4.69) is 20.5 Å². The molecule has 1 aromatic heterocycles. The number of alkyl halides is 2. The van der Waals surface area contributed by atoms with Gasteiger partial charge >= 0.3 is 0 Å². The Labute approximate surface area is 98.6 Å². The predicted molar refractivity (Wildman–Crippen MR) is 60.2 cm³/mol. The maximum atomic E-state index is 12.4. The molecule has 1 aliphatic rings. The molecule has 0 aromatic carbocycles. The molecule has 96 valence electrons. The molecular weight excluding hydrogens is 228 g/mol. The lowest BCUT2D eigenvalue weighted by molar-refractivity contribution is 0.141. The normalized spacial score (nSPS) is 21.2. The second kappa shape index (κ2) is 5.39. The van der Waals surface area contributed by atoms with Gasteiger partial charge in [0.05, 0.1) is 0 Å². The number of halogens is 2. The minimum Gasteiger partial charge on any atom is -0.339 e. The number of H-pyrrole nitrogens is 1. The first-order valence-electron chi connectivity index (χ1n) is 5.80. The van der Waals surface area contributed by atoms with Gasteiger partial charge in [0.15, 0.2) is 5.82 Å². The van der Waals surface area contributed by atoms with Crippen molar-refractivity contribution >= 4 is 5.95 Å². The zero-order chi connectivity index (χ0) is 12.3. The molecule has 2 rings (SSSR count). The Morgan fingerprint density at radius 2 is 2.41 bits per heavy atom. The Morgan fingerprint density at radius 1 is 1.59 bits per heavy atom. The van der Waals surface area contributed by atoms with Crippen LogP contribution < -0.4 is 10.2 Å². The monoisotopic (exact) mass is 245 g/mol. The summed E-state index contributed by atoms with van der Waals surface area (Å²) < 4.78 is 24.8. The summed E-state index contributed by atoms with van der Waals surface area (Å²) in [4.78, 5) is 5.78. The smallest absolute Gasteiger partial charge is 0.296 e. The molecule has 0 radical (unpaired) electrons. The molecule has 1 atom stereocenters. The standard InChI is InChI=1S/C10H17F2N5/c1-13-5-7-3-2-4-17(6-7)10-14-9(8(11)12)15-16-10/h7-8,13H,2-6H2,1H3,(H,14,15,16). The molecule has 0 spiro atoms. The molecule has 1 aromatic rings. The van der Waals surface area contributed by atoms with Crippen molar-refractivity contribution in [3.05, 3.63) is 5.82 Å². The maximum absolute atomic E-state index is 12.4. The van der Waals surface area contributed by atoms with Gasteiger partial charge in [-0.3, -0.25) is 5.10 Å². The highest BCUT2D eigenvalue weighted by molar-refractivity contribution is 5.29. The first-order valence-corrected chi connectivity index (χ1v) is 5.80. The highest BCUT2D eigenvalue weighted by Gasteiger charge is 2.23. The van der Waals surface area contributed by atoms with Crippen molar-refractivity contribution in [3.63, 3.8) is 0 Å². The summed E-state index contributed by atoms with van der Waals surface area (Å²) in [5, 5.41) is 9.26. The number of nitrogens with zero attached hydrogens (tertiary/aromatic N) is 3. The molecule has 1 saturated heterocycles. The van der Waals surface area contributed by atoms with E-state index in [-0.39, 0.29) is 5.82 Å². The quantitative estimate of drug-likeness (QED) is 0.836. The average molecular weight is 245 g/mol. The van der Waals surface area contributed by atoms with E-state index in [0.717, 1.165) is 32.5 Å². The van der Waals surface area contributed by atoms with Crippen LogP contribution in [0, 0.1) is 5.92 Å². The lowest BCUT2D eigenvalue weighted by atomic mass is 9.98. The third kappa shape index (κ3) is 2.91. The van der Waals surface area contributed by atoms with Crippen molar-refractivity contribution in [1.82, 2.24) is 20.5 Å². The molecule has 7 heteroatoms. The first-order chi connectivity index (χ1) is 8.20. The number of rotatable bonds is 4. The molecule has 5 nitrogen and oxygen atoms in total. The van der Waals surface area contributed by atoms with E-state index in [4.69, 9.17) is 0 Å². The van der Waals surface area contributed by atoms with Crippen LogP contribution in [-0.2, 0) is 0 Å². The predicted octanol–water partition coefficient (Wildman–Crippen LogP) is 1.18. The van der Waals surface area contributed by atoms with E-state index in [1.165, 1.54) is 0 Å². The number of hydrogen-bond acceptors (Lipinski definition) is 4. The van der Waals surface area contributed by atoms with E-state index in [1.807, 2.05) is 11.9 Å². The number of aromatic amines is 1. The van der Waals surface area contributed by atoms with Crippen LogP contribution >= 0.6 is 0 Å². The van der Waals surface area contributed by atoms with Gasteiger partial charge in [0.25, 0.3) is 6.43 Å². The topological polar surface area (TPSA) is 56.8 Å². The van der Waals surface area contributed by atoms with Crippen molar-refractivity contribution in [2.75, 3.05) is 31.6 Å². The summed E-state index contributed by atoms with van der Waals surface area (Å²) in [6.45, 7) is 2.59. The molecule has 1 unspecified atom stereocenters. The van der Waals surface area contributed by atoms with Crippen LogP contribution in [0.25, 0.3) is 0 Å². The maximum Gasteiger partial charge on any atom is 0.296 e. The minimum absolute atomic E-state index is 0.351. The lowest BCUT2D eigenvalue weighted by Crippen LogP contribution is -2.39. The SMILES string of the molecule is CNCC1CCCN(c2n[nH]c(C(F)F)n2)C1. The zero-order valence-electron chi connectivity index (χ0n) is 9.79. The molecule has 0 bridgehead atoms. The van der Waals surface area contributed by atoms with Gasteiger partial charge in [-0.1, -0.05) is 0 Å². The fourth-order valence-corrected chi connectivity index (χ4v) is 2.21. The van der Waals surface area contributed by atoms with Gasteiger partial charge in [-0.05, 0) is 32.4 Å². The molecule has 0 amide bonds. The van der Waals surface area contributed by atoms with Crippen LogP contribution in [0.15, 0.2) is 0 Å². The Hall–Kier alpha value is -1.24. The number of nitrogens with one attached hydrogen (secondary N) is 2. The zero-order valence-corrected chi connectivity index (χ0v) is 9.79. The molecule has 17 heavy (non-hydrogen) atoms. The van der Waals surface area contributed by atoms with E-state index >= 15 is 0 Å². The molecule has 0 saturated carbocycles. The molecule has 0 aliphatic carbocycles. The number of aromatic nitrogens is 3. The van der Waals surface area contributed by atoms with Crippen molar-refractivity contribution in [1.29, 1.82) is 0 Å². The van der Waals surface area contributed by atoms with Crippen LogP contribution in [0.5, 0.6) is 0 Å². The molecule has 2 heterocycles. The Balaban J connectivity index is 2.00. The van der Waals surface area contributed by atoms with Crippen molar-refractivity contribution in [2.45, 2.75) is 19.3 Å². The largest absolute Gasteiger partial charge is 0.339 e. The Bertz CT molecular complexity index is 352. The molecule has 1 fully saturated rings. The second-order valence-electron chi connectivity index (χ2n) is 4.33. The lowest BCUT2D eigenvalue weighted by Gasteiger charge is -2.31. The van der Waals surface area contributed by atoms with Crippen LogP contribution in [0.4, 0.5) is 14.7 Å². The van der Waals surface area contributed by atoms with Gasteiger partial charge in [0.1, 0.15) is 0 Å². The van der Waals surface area contributed by atoms with Crippen molar-refractivity contribution in [2.24, 2.45) is 5.92 Å². The van der Waals surface area contributed by atoms with Gasteiger partial charge in [-0.15, -0.1) is 5.10 Å². The van der Waals surface area contributed by atoms with Crippen molar-refractivity contribution < 1.29 is 8.78 Å². The van der Waals surface area contributed by atoms with Gasteiger partial charge in [-0.25, -0.2) is 8.78 Å². The summed E-state index contributed by atoms with van der Waals surface area (Å²) in [6.07, 6.45) is -0.386. The van der Waals surface area contributed by atoms with Gasteiger partial charge in [-0.2, -0.15) is 4.98 Å². The summed E-state index contributed by atoms with van der Waals surface area (Å²) in [7, 11) is 1.92. The molecular formula is C10H17F2N5. The third-order valence-corrected chi connectivity index (χ3v) is 2.99. The number of piperidine rings is 1. The molecule has 1 aliphatic heterocycles. The summed E-state index contributed by atoms with van der Waals surface area (Å²) in [6, 6.07) is 0. The van der Waals surface area contributed by atoms with Crippen LogP contribution in [0.2, 0.25) is 0 Å². The fourth-order valence-electron chi connectivity index (χ4n) is 2.21. The van der Waals surface area contributed by atoms with Crippen molar-refractivity contribution in [3.8, 4) is 0 Å². The Kier molecular flexibility index (Phi) is 3.88. The van der Waals surface area contributed by atoms with Gasteiger partial charge in [0, 0.05) is 13.1 Å². The van der Waals surface area contributed by atoms with E-state index in [1.54, 1.807) is 0 Å². The second-order valence-corrected chi connectivity index (χ2v) is 4.33. The van der Waals surface area contributed by atoms with E-state index < -0.39 is 6.43 Å². The summed E-state index contributed by atoms with van der Waals surface area (Å²) in [5.74, 6) is 0.569. The van der Waals surface area contributed by atoms with E-state index in [9.17, 15) is 8.78 Å².